The summed E-state index contributed by atoms with van der Waals surface area (Å²) >= 11 is 0. The number of guanidine groups is 1. The Morgan fingerprint density at radius 3 is 2.62 bits per heavy atom. The standard InChI is InChI=1S/C18H27FN4O/c1-6-21-17(23-12-16(24-5)18(2,3)4)22-11-14-9-13(10-20)7-8-15(14)19/h7-9,16H,6,11-12H2,1-5H3,(H2,21,22,23). The summed E-state index contributed by atoms with van der Waals surface area (Å²) < 4.78 is 19.3. The molecule has 1 atom stereocenters. The van der Waals surface area contributed by atoms with Gasteiger partial charge in [0.25, 0.3) is 0 Å². The second-order valence-electron chi connectivity index (χ2n) is 6.58. The molecule has 1 unspecified atom stereocenters. The second kappa shape index (κ2) is 9.24. The normalized spacial score (nSPS) is 13.3. The van der Waals surface area contributed by atoms with E-state index in [1.807, 2.05) is 13.0 Å². The van der Waals surface area contributed by atoms with Crippen LogP contribution >= 0.6 is 0 Å². The van der Waals surface area contributed by atoms with Crippen molar-refractivity contribution in [3.8, 4) is 6.07 Å². The minimum absolute atomic E-state index is 0.00763. The minimum atomic E-state index is -0.363. The van der Waals surface area contributed by atoms with Crippen molar-refractivity contribution >= 4 is 5.96 Å². The van der Waals surface area contributed by atoms with E-state index in [9.17, 15) is 4.39 Å². The number of benzene rings is 1. The number of hydrogen-bond donors (Lipinski definition) is 2. The minimum Gasteiger partial charge on any atom is -0.379 e. The molecule has 6 heteroatoms. The van der Waals surface area contributed by atoms with E-state index >= 15 is 0 Å². The summed E-state index contributed by atoms with van der Waals surface area (Å²) in [4.78, 5) is 4.40. The lowest BCUT2D eigenvalue weighted by atomic mass is 9.89. The summed E-state index contributed by atoms with van der Waals surface area (Å²) in [5.74, 6) is 0.226. The van der Waals surface area contributed by atoms with Gasteiger partial charge in [0, 0.05) is 25.8 Å². The first-order chi connectivity index (χ1) is 11.3. The monoisotopic (exact) mass is 334 g/mol. The Labute approximate surface area is 143 Å². The van der Waals surface area contributed by atoms with Gasteiger partial charge in [-0.1, -0.05) is 20.8 Å². The number of halogens is 1. The molecular formula is C18H27FN4O. The Hall–Kier alpha value is -2.13. The maximum Gasteiger partial charge on any atom is 0.191 e. The van der Waals surface area contributed by atoms with Gasteiger partial charge in [0.05, 0.1) is 24.3 Å². The van der Waals surface area contributed by atoms with Crippen LogP contribution in [0.2, 0.25) is 0 Å². The molecule has 0 amide bonds. The number of rotatable bonds is 6. The molecule has 0 radical (unpaired) electrons. The fourth-order valence-corrected chi connectivity index (χ4v) is 2.20. The summed E-state index contributed by atoms with van der Waals surface area (Å²) in [7, 11) is 1.68. The Bertz CT molecular complexity index is 602. The average Bonchev–Trinajstić information content (AvgIpc) is 2.53. The molecule has 5 nitrogen and oxygen atoms in total. The van der Waals surface area contributed by atoms with Crippen molar-refractivity contribution < 1.29 is 9.13 Å². The number of methoxy groups -OCH3 is 1. The highest BCUT2D eigenvalue weighted by atomic mass is 19.1. The molecule has 0 bridgehead atoms. The molecule has 0 heterocycles. The first-order valence-electron chi connectivity index (χ1n) is 8.05. The van der Waals surface area contributed by atoms with Crippen molar-refractivity contribution in [2.75, 3.05) is 20.2 Å². The lowest BCUT2D eigenvalue weighted by molar-refractivity contribution is 0.0205. The van der Waals surface area contributed by atoms with Crippen LogP contribution in [-0.4, -0.2) is 32.3 Å². The van der Waals surface area contributed by atoms with E-state index in [2.05, 4.69) is 36.4 Å². The number of nitrogens with zero attached hydrogens (tertiary/aromatic N) is 2. The summed E-state index contributed by atoms with van der Waals surface area (Å²) in [5.41, 5.74) is 0.809. The molecule has 0 aromatic heterocycles. The topological polar surface area (TPSA) is 69.4 Å². The molecule has 0 aliphatic heterocycles. The van der Waals surface area contributed by atoms with Crippen LogP contribution in [-0.2, 0) is 11.3 Å². The van der Waals surface area contributed by atoms with Crippen LogP contribution in [0.25, 0.3) is 0 Å². The van der Waals surface area contributed by atoms with E-state index in [1.165, 1.54) is 18.2 Å². The largest absolute Gasteiger partial charge is 0.379 e. The van der Waals surface area contributed by atoms with Crippen LogP contribution < -0.4 is 10.6 Å². The van der Waals surface area contributed by atoms with Crippen LogP contribution in [0.5, 0.6) is 0 Å². The number of nitrogens with one attached hydrogen (secondary N) is 2. The lowest BCUT2D eigenvalue weighted by Crippen LogP contribution is -2.45. The zero-order valence-electron chi connectivity index (χ0n) is 15.1. The quantitative estimate of drug-likeness (QED) is 0.620. The fourth-order valence-electron chi connectivity index (χ4n) is 2.20. The molecule has 0 aliphatic rings. The van der Waals surface area contributed by atoms with Crippen LogP contribution in [0.3, 0.4) is 0 Å². The van der Waals surface area contributed by atoms with E-state index in [-0.39, 0.29) is 23.9 Å². The number of aliphatic imine (C=N–C) groups is 1. The van der Waals surface area contributed by atoms with Gasteiger partial charge in [0.2, 0.25) is 0 Å². The highest BCUT2D eigenvalue weighted by Gasteiger charge is 2.24. The Morgan fingerprint density at radius 1 is 1.38 bits per heavy atom. The van der Waals surface area contributed by atoms with Crippen molar-refractivity contribution in [1.82, 2.24) is 10.6 Å². The molecule has 2 N–H and O–H groups in total. The van der Waals surface area contributed by atoms with E-state index in [0.717, 1.165) is 0 Å². The Morgan fingerprint density at radius 2 is 2.08 bits per heavy atom. The fraction of sp³-hybridized carbons (Fsp3) is 0.556. The molecule has 132 valence electrons. The third-order valence-corrected chi connectivity index (χ3v) is 3.63. The van der Waals surface area contributed by atoms with Gasteiger partial charge in [-0.2, -0.15) is 5.26 Å². The van der Waals surface area contributed by atoms with Gasteiger partial charge in [0.15, 0.2) is 5.96 Å². The first-order valence-corrected chi connectivity index (χ1v) is 8.05. The molecule has 0 saturated carbocycles. The molecule has 0 fully saturated rings. The summed E-state index contributed by atoms with van der Waals surface area (Å²) in [5, 5.41) is 15.3. The van der Waals surface area contributed by atoms with Crippen molar-refractivity contribution in [3.05, 3.63) is 35.1 Å². The maximum absolute atomic E-state index is 13.8. The predicted octanol–water partition coefficient (Wildman–Crippen LogP) is 2.81. The van der Waals surface area contributed by atoms with Crippen LogP contribution in [0, 0.1) is 22.6 Å². The van der Waals surface area contributed by atoms with Gasteiger partial charge in [-0.05, 0) is 30.5 Å². The van der Waals surface area contributed by atoms with Gasteiger partial charge >= 0.3 is 0 Å². The molecule has 24 heavy (non-hydrogen) atoms. The van der Waals surface area contributed by atoms with E-state index in [1.54, 1.807) is 7.11 Å². The molecule has 1 rings (SSSR count). The number of hydrogen-bond acceptors (Lipinski definition) is 3. The molecule has 1 aromatic carbocycles. The molecular weight excluding hydrogens is 307 g/mol. The summed E-state index contributed by atoms with van der Waals surface area (Å²) in [6.07, 6.45) is 0.0139. The van der Waals surface area contributed by atoms with Gasteiger partial charge in [-0.25, -0.2) is 9.38 Å². The van der Waals surface area contributed by atoms with Crippen LogP contribution in [0.15, 0.2) is 23.2 Å². The highest BCUT2D eigenvalue weighted by Crippen LogP contribution is 2.20. The van der Waals surface area contributed by atoms with Crippen LogP contribution in [0.4, 0.5) is 4.39 Å². The zero-order valence-corrected chi connectivity index (χ0v) is 15.1. The molecule has 0 spiro atoms. The summed E-state index contributed by atoms with van der Waals surface area (Å²) in [6.45, 7) is 9.72. The summed E-state index contributed by atoms with van der Waals surface area (Å²) in [6, 6.07) is 6.28. The lowest BCUT2D eigenvalue weighted by Gasteiger charge is -2.30. The molecule has 0 saturated heterocycles. The molecule has 1 aromatic rings. The van der Waals surface area contributed by atoms with Crippen molar-refractivity contribution in [2.45, 2.75) is 40.3 Å². The number of nitriles is 1. The Kier molecular flexibility index (Phi) is 7.66. The van der Waals surface area contributed by atoms with Crippen molar-refractivity contribution in [1.29, 1.82) is 5.26 Å². The third-order valence-electron chi connectivity index (χ3n) is 3.63. The van der Waals surface area contributed by atoms with Gasteiger partial charge < -0.3 is 15.4 Å². The Balaban J connectivity index is 2.81. The van der Waals surface area contributed by atoms with E-state index in [4.69, 9.17) is 10.00 Å². The van der Waals surface area contributed by atoms with Crippen LogP contribution in [0.1, 0.15) is 38.8 Å². The van der Waals surface area contributed by atoms with Gasteiger partial charge in [-0.15, -0.1) is 0 Å². The van der Waals surface area contributed by atoms with E-state index in [0.29, 0.717) is 30.2 Å². The average molecular weight is 334 g/mol. The van der Waals surface area contributed by atoms with Gasteiger partial charge in [0.1, 0.15) is 5.82 Å². The second-order valence-corrected chi connectivity index (χ2v) is 6.58. The van der Waals surface area contributed by atoms with Crippen molar-refractivity contribution in [3.63, 3.8) is 0 Å². The predicted molar refractivity (Wildman–Crippen MR) is 94.2 cm³/mol. The number of ether oxygens (including phenoxy) is 1. The SMILES string of the molecule is CCNC(=NCc1cc(C#N)ccc1F)NCC(OC)C(C)(C)C. The zero-order chi connectivity index (χ0) is 18.2. The third kappa shape index (κ3) is 6.17. The maximum atomic E-state index is 13.8. The van der Waals surface area contributed by atoms with Crippen molar-refractivity contribution in [2.24, 2.45) is 10.4 Å². The van der Waals surface area contributed by atoms with Gasteiger partial charge in [-0.3, -0.25) is 0 Å². The van der Waals surface area contributed by atoms with E-state index < -0.39 is 0 Å². The highest BCUT2D eigenvalue weighted by molar-refractivity contribution is 5.79. The smallest absolute Gasteiger partial charge is 0.191 e. The first kappa shape index (κ1) is 19.9. The molecule has 0 aliphatic carbocycles.